The molecule has 0 atom stereocenters. The molecule has 1 aromatic rings. The highest BCUT2D eigenvalue weighted by Gasteiger charge is 2.34. The van der Waals surface area contributed by atoms with E-state index in [1.807, 2.05) is 18.2 Å². The minimum atomic E-state index is 0.256. The van der Waals surface area contributed by atoms with Gasteiger partial charge in [-0.2, -0.15) is 0 Å². The lowest BCUT2D eigenvalue weighted by atomic mass is 9.90. The van der Waals surface area contributed by atoms with Gasteiger partial charge in [0, 0.05) is 10.7 Å². The maximum atomic E-state index is 6.05. The van der Waals surface area contributed by atoms with E-state index in [2.05, 4.69) is 15.9 Å². The maximum absolute atomic E-state index is 6.05. The average Bonchev–Trinajstić information content (AvgIpc) is 2.94. The van der Waals surface area contributed by atoms with E-state index < -0.39 is 0 Å². The van der Waals surface area contributed by atoms with Crippen molar-refractivity contribution in [2.75, 3.05) is 26.2 Å². The molecule has 0 spiro atoms. The van der Waals surface area contributed by atoms with Crippen molar-refractivity contribution in [1.82, 2.24) is 0 Å². The molecule has 3 nitrogen and oxygen atoms in total. The normalized spacial score (nSPS) is 17.2. The van der Waals surface area contributed by atoms with E-state index in [9.17, 15) is 0 Å². The van der Waals surface area contributed by atoms with E-state index in [1.165, 1.54) is 25.7 Å². The first-order chi connectivity index (χ1) is 9.24. The van der Waals surface area contributed by atoms with Crippen molar-refractivity contribution in [3.63, 3.8) is 0 Å². The van der Waals surface area contributed by atoms with Crippen LogP contribution in [-0.4, -0.2) is 26.2 Å². The molecule has 0 aliphatic heterocycles. The Morgan fingerprint density at radius 1 is 1.11 bits per heavy atom. The van der Waals surface area contributed by atoms with Crippen LogP contribution in [0.5, 0.6) is 17.2 Å². The summed E-state index contributed by atoms with van der Waals surface area (Å²) >= 11 is 3.64. The minimum Gasteiger partial charge on any atom is -0.493 e. The monoisotopic (exact) mass is 328 g/mol. The molecule has 0 heterocycles. The van der Waals surface area contributed by atoms with Gasteiger partial charge >= 0.3 is 0 Å². The quantitative estimate of drug-likeness (QED) is 0.737. The van der Waals surface area contributed by atoms with Gasteiger partial charge in [-0.25, -0.2) is 0 Å². The van der Waals surface area contributed by atoms with Crippen molar-refractivity contribution in [3.8, 4) is 17.2 Å². The van der Waals surface area contributed by atoms with E-state index >= 15 is 0 Å². The van der Waals surface area contributed by atoms with Crippen molar-refractivity contribution < 1.29 is 14.2 Å². The van der Waals surface area contributed by atoms with E-state index in [0.29, 0.717) is 12.4 Å². The summed E-state index contributed by atoms with van der Waals surface area (Å²) in [5, 5.41) is 0.984. The van der Waals surface area contributed by atoms with Gasteiger partial charge in [-0.05, 0) is 25.0 Å². The molecular weight excluding hydrogens is 308 g/mol. The number of para-hydroxylation sites is 1. The lowest BCUT2D eigenvalue weighted by molar-refractivity contribution is 0.163. The number of hydrogen-bond acceptors (Lipinski definition) is 3. The lowest BCUT2D eigenvalue weighted by Gasteiger charge is -2.27. The molecule has 1 aliphatic carbocycles. The fraction of sp³-hybridized carbons (Fsp3) is 0.600. The van der Waals surface area contributed by atoms with Crippen molar-refractivity contribution in [3.05, 3.63) is 18.2 Å². The van der Waals surface area contributed by atoms with Gasteiger partial charge in [-0.3, -0.25) is 0 Å². The summed E-state index contributed by atoms with van der Waals surface area (Å²) in [6.07, 6.45) is 5.02. The molecule has 4 heteroatoms. The highest BCUT2D eigenvalue weighted by Crippen LogP contribution is 2.43. The largest absolute Gasteiger partial charge is 0.493 e. The van der Waals surface area contributed by atoms with Crippen molar-refractivity contribution in [2.45, 2.75) is 25.7 Å². The third-order valence-electron chi connectivity index (χ3n) is 3.85. The molecular formula is C15H21BrO3. The van der Waals surface area contributed by atoms with Crippen LogP contribution in [-0.2, 0) is 0 Å². The summed E-state index contributed by atoms with van der Waals surface area (Å²) in [6.45, 7) is 0.703. The highest BCUT2D eigenvalue weighted by molar-refractivity contribution is 9.09. The Balaban J connectivity index is 2.14. The van der Waals surface area contributed by atoms with Crippen LogP contribution < -0.4 is 14.2 Å². The van der Waals surface area contributed by atoms with Gasteiger partial charge in [0.2, 0.25) is 5.75 Å². The second-order valence-corrected chi connectivity index (χ2v) is 5.68. The maximum Gasteiger partial charge on any atom is 0.203 e. The predicted molar refractivity (Wildman–Crippen MR) is 79.7 cm³/mol. The molecule has 106 valence electrons. The Morgan fingerprint density at radius 2 is 1.68 bits per heavy atom. The second kappa shape index (κ2) is 6.51. The molecule has 0 unspecified atom stereocenters. The van der Waals surface area contributed by atoms with Crippen LogP contribution >= 0.6 is 15.9 Å². The molecule has 1 saturated carbocycles. The zero-order valence-electron chi connectivity index (χ0n) is 11.6. The first-order valence-electron chi connectivity index (χ1n) is 6.64. The fourth-order valence-electron chi connectivity index (χ4n) is 2.63. The molecule has 0 amide bonds. The van der Waals surface area contributed by atoms with Crippen LogP contribution in [0.4, 0.5) is 0 Å². The van der Waals surface area contributed by atoms with Crippen molar-refractivity contribution in [1.29, 1.82) is 0 Å². The SMILES string of the molecule is COc1cccc(OC)c1OCC1(CBr)CCCC1. The molecule has 0 radical (unpaired) electrons. The number of methoxy groups -OCH3 is 2. The zero-order chi connectivity index (χ0) is 13.7. The molecule has 1 fully saturated rings. The van der Waals surface area contributed by atoms with Gasteiger partial charge in [-0.15, -0.1) is 0 Å². The Bertz CT molecular complexity index is 392. The summed E-state index contributed by atoms with van der Waals surface area (Å²) in [7, 11) is 3.30. The van der Waals surface area contributed by atoms with Crippen LogP contribution in [0.3, 0.4) is 0 Å². The smallest absolute Gasteiger partial charge is 0.203 e. The summed E-state index contributed by atoms with van der Waals surface area (Å²) in [6, 6.07) is 5.70. The molecule has 0 saturated heterocycles. The molecule has 19 heavy (non-hydrogen) atoms. The summed E-state index contributed by atoms with van der Waals surface area (Å²) in [4.78, 5) is 0. The molecule has 1 aliphatic rings. The third kappa shape index (κ3) is 3.16. The minimum absolute atomic E-state index is 0.256. The summed E-state index contributed by atoms with van der Waals surface area (Å²) in [5.41, 5.74) is 0.256. The van der Waals surface area contributed by atoms with Gasteiger partial charge in [-0.1, -0.05) is 34.8 Å². The van der Waals surface area contributed by atoms with Gasteiger partial charge in [0.25, 0.3) is 0 Å². The van der Waals surface area contributed by atoms with Gasteiger partial charge < -0.3 is 14.2 Å². The number of halogens is 1. The molecule has 0 aromatic heterocycles. The molecule has 1 aromatic carbocycles. The Kier molecular flexibility index (Phi) is 4.97. The summed E-state index contributed by atoms with van der Waals surface area (Å²) in [5.74, 6) is 2.16. The zero-order valence-corrected chi connectivity index (χ0v) is 13.2. The van der Waals surface area contributed by atoms with Crippen molar-refractivity contribution in [2.24, 2.45) is 5.41 Å². The number of alkyl halides is 1. The Labute approximate surface area is 123 Å². The third-order valence-corrected chi connectivity index (χ3v) is 5.04. The first kappa shape index (κ1) is 14.5. The van der Waals surface area contributed by atoms with Crippen LogP contribution in [0, 0.1) is 5.41 Å². The highest BCUT2D eigenvalue weighted by atomic mass is 79.9. The van der Waals surface area contributed by atoms with E-state index in [1.54, 1.807) is 14.2 Å². The standard InChI is InChI=1S/C15H21BrO3/c1-17-12-6-5-7-13(18-2)14(12)19-11-15(10-16)8-3-4-9-15/h5-7H,3-4,8-11H2,1-2H3. The van der Waals surface area contributed by atoms with Gasteiger partial charge in [0.05, 0.1) is 20.8 Å². The van der Waals surface area contributed by atoms with Gasteiger partial charge in [0.1, 0.15) is 0 Å². The van der Waals surface area contributed by atoms with E-state index in [4.69, 9.17) is 14.2 Å². The van der Waals surface area contributed by atoms with Gasteiger partial charge in [0.15, 0.2) is 11.5 Å². The number of ether oxygens (including phenoxy) is 3. The molecule has 2 rings (SSSR count). The topological polar surface area (TPSA) is 27.7 Å². The number of hydrogen-bond donors (Lipinski definition) is 0. The van der Waals surface area contributed by atoms with Crippen LogP contribution in [0.25, 0.3) is 0 Å². The van der Waals surface area contributed by atoms with E-state index in [-0.39, 0.29) is 5.41 Å². The number of benzene rings is 1. The molecule has 0 bridgehead atoms. The van der Waals surface area contributed by atoms with Crippen LogP contribution in [0.15, 0.2) is 18.2 Å². The fourth-order valence-corrected chi connectivity index (χ4v) is 3.35. The van der Waals surface area contributed by atoms with Crippen molar-refractivity contribution >= 4 is 15.9 Å². The van der Waals surface area contributed by atoms with Crippen LogP contribution in [0.1, 0.15) is 25.7 Å². The Hall–Kier alpha value is -0.900. The summed E-state index contributed by atoms with van der Waals surface area (Å²) < 4.78 is 16.8. The Morgan fingerprint density at radius 3 is 2.16 bits per heavy atom. The number of rotatable bonds is 6. The lowest BCUT2D eigenvalue weighted by Crippen LogP contribution is -2.27. The second-order valence-electron chi connectivity index (χ2n) is 5.12. The predicted octanol–water partition coefficient (Wildman–Crippen LogP) is 4.04. The van der Waals surface area contributed by atoms with E-state index in [0.717, 1.165) is 16.8 Å². The first-order valence-corrected chi connectivity index (χ1v) is 7.76. The van der Waals surface area contributed by atoms with Crippen LogP contribution in [0.2, 0.25) is 0 Å². The molecule has 0 N–H and O–H groups in total. The average molecular weight is 329 g/mol.